The SMILES string of the molecule is CC(C)[C@@H](NC(=O)Nn1cnc2ccccc21)c1ccc(Cl)cc1. The number of fused-ring (bicyclic) bond motifs is 1. The number of amides is 2. The molecule has 0 aliphatic heterocycles. The fraction of sp³-hybridized carbons (Fsp3) is 0.222. The molecule has 0 aliphatic carbocycles. The molecule has 1 heterocycles. The van der Waals surface area contributed by atoms with Crippen molar-refractivity contribution >= 4 is 28.7 Å². The zero-order valence-corrected chi connectivity index (χ0v) is 14.3. The number of hydrogen-bond acceptors (Lipinski definition) is 2. The third-order valence-electron chi connectivity index (χ3n) is 3.86. The van der Waals surface area contributed by atoms with E-state index in [1.165, 1.54) is 0 Å². The van der Waals surface area contributed by atoms with Crippen LogP contribution < -0.4 is 10.7 Å². The highest BCUT2D eigenvalue weighted by molar-refractivity contribution is 6.30. The topological polar surface area (TPSA) is 59.0 Å². The lowest BCUT2D eigenvalue weighted by Crippen LogP contribution is -2.38. The Hall–Kier alpha value is -2.53. The van der Waals surface area contributed by atoms with Crippen LogP contribution in [0.25, 0.3) is 11.0 Å². The molecule has 2 amide bonds. The predicted octanol–water partition coefficient (Wildman–Crippen LogP) is 4.34. The van der Waals surface area contributed by atoms with Crippen molar-refractivity contribution in [1.82, 2.24) is 15.0 Å². The van der Waals surface area contributed by atoms with E-state index in [1.54, 1.807) is 11.0 Å². The number of carbonyl (C=O) groups is 1. The van der Waals surface area contributed by atoms with Crippen LogP contribution in [0, 0.1) is 5.92 Å². The van der Waals surface area contributed by atoms with Crippen LogP contribution in [0.3, 0.4) is 0 Å². The number of rotatable bonds is 4. The van der Waals surface area contributed by atoms with Gasteiger partial charge in [0.25, 0.3) is 0 Å². The number of aromatic nitrogens is 2. The Morgan fingerprint density at radius 1 is 1.12 bits per heavy atom. The average molecular weight is 343 g/mol. The van der Waals surface area contributed by atoms with Crippen LogP contribution >= 0.6 is 11.6 Å². The summed E-state index contributed by atoms with van der Waals surface area (Å²) in [5, 5.41) is 3.69. The molecule has 0 bridgehead atoms. The molecule has 3 aromatic rings. The Balaban J connectivity index is 1.75. The average Bonchev–Trinajstić information content (AvgIpc) is 2.96. The Bertz CT molecular complexity index is 842. The number of hydrogen-bond donors (Lipinski definition) is 2. The van der Waals surface area contributed by atoms with E-state index in [9.17, 15) is 4.79 Å². The normalized spacial score (nSPS) is 12.3. The summed E-state index contributed by atoms with van der Waals surface area (Å²) in [4.78, 5) is 16.7. The van der Waals surface area contributed by atoms with Crippen LogP contribution in [0.5, 0.6) is 0 Å². The van der Waals surface area contributed by atoms with Crippen LogP contribution in [0.2, 0.25) is 5.02 Å². The first-order valence-electron chi connectivity index (χ1n) is 7.79. The van der Waals surface area contributed by atoms with Gasteiger partial charge in [0.15, 0.2) is 0 Å². The minimum atomic E-state index is -0.285. The smallest absolute Gasteiger partial charge is 0.330 e. The molecule has 3 rings (SSSR count). The highest BCUT2D eigenvalue weighted by atomic mass is 35.5. The van der Waals surface area contributed by atoms with Crippen LogP contribution in [0.4, 0.5) is 4.79 Å². The van der Waals surface area contributed by atoms with E-state index < -0.39 is 0 Å². The van der Waals surface area contributed by atoms with Gasteiger partial charge in [0.05, 0.1) is 17.1 Å². The van der Waals surface area contributed by atoms with Gasteiger partial charge >= 0.3 is 6.03 Å². The van der Waals surface area contributed by atoms with Gasteiger partial charge < -0.3 is 5.32 Å². The quantitative estimate of drug-likeness (QED) is 0.741. The van der Waals surface area contributed by atoms with E-state index in [0.717, 1.165) is 16.6 Å². The molecule has 0 unspecified atom stereocenters. The summed E-state index contributed by atoms with van der Waals surface area (Å²) in [5.41, 5.74) is 5.50. The van der Waals surface area contributed by atoms with Crippen molar-refractivity contribution in [2.45, 2.75) is 19.9 Å². The Morgan fingerprint density at radius 3 is 2.54 bits per heavy atom. The molecule has 6 heteroatoms. The number of para-hydroxylation sites is 2. The molecule has 1 aromatic heterocycles. The summed E-state index contributed by atoms with van der Waals surface area (Å²) in [5.74, 6) is 0.233. The Labute approximate surface area is 145 Å². The third-order valence-corrected chi connectivity index (χ3v) is 4.11. The molecule has 5 nitrogen and oxygen atoms in total. The molecule has 24 heavy (non-hydrogen) atoms. The minimum absolute atomic E-state index is 0.114. The predicted molar refractivity (Wildman–Crippen MR) is 96.7 cm³/mol. The van der Waals surface area contributed by atoms with E-state index in [4.69, 9.17) is 11.6 Å². The highest BCUT2D eigenvalue weighted by Gasteiger charge is 2.18. The monoisotopic (exact) mass is 342 g/mol. The van der Waals surface area contributed by atoms with E-state index >= 15 is 0 Å². The molecule has 0 fully saturated rings. The summed E-state index contributed by atoms with van der Waals surface area (Å²) >= 11 is 5.94. The number of carbonyl (C=O) groups excluding carboxylic acids is 1. The molecule has 124 valence electrons. The first-order chi connectivity index (χ1) is 11.5. The maximum atomic E-state index is 12.4. The third kappa shape index (κ3) is 3.51. The van der Waals surface area contributed by atoms with Crippen molar-refractivity contribution < 1.29 is 4.79 Å². The second kappa shape index (κ2) is 6.93. The molecule has 1 atom stereocenters. The first kappa shape index (κ1) is 16.3. The van der Waals surface area contributed by atoms with E-state index in [1.807, 2.05) is 48.5 Å². The van der Waals surface area contributed by atoms with Crippen LogP contribution in [-0.4, -0.2) is 15.7 Å². The molecule has 0 saturated heterocycles. The van der Waals surface area contributed by atoms with Crippen LogP contribution in [-0.2, 0) is 0 Å². The number of benzene rings is 2. The van der Waals surface area contributed by atoms with Gasteiger partial charge in [-0.25, -0.2) is 19.9 Å². The van der Waals surface area contributed by atoms with E-state index in [-0.39, 0.29) is 18.0 Å². The largest absolute Gasteiger partial charge is 0.334 e. The van der Waals surface area contributed by atoms with Crippen LogP contribution in [0.1, 0.15) is 25.5 Å². The van der Waals surface area contributed by atoms with Gasteiger partial charge in [0.2, 0.25) is 0 Å². The maximum Gasteiger partial charge on any atom is 0.334 e. The van der Waals surface area contributed by atoms with Gasteiger partial charge in [-0.1, -0.05) is 49.7 Å². The minimum Gasteiger partial charge on any atom is -0.330 e. The number of nitrogens with one attached hydrogen (secondary N) is 2. The van der Waals surface area contributed by atoms with Gasteiger partial charge in [-0.15, -0.1) is 0 Å². The second-order valence-corrected chi connectivity index (χ2v) is 6.40. The fourth-order valence-corrected chi connectivity index (χ4v) is 2.76. The van der Waals surface area contributed by atoms with Gasteiger partial charge in [-0.2, -0.15) is 0 Å². The lowest BCUT2D eigenvalue weighted by Gasteiger charge is -2.23. The number of imidazole rings is 1. The van der Waals surface area contributed by atoms with Gasteiger partial charge in [0, 0.05) is 5.02 Å². The van der Waals surface area contributed by atoms with Gasteiger partial charge in [-0.05, 0) is 35.7 Å². The Kier molecular flexibility index (Phi) is 4.71. The summed E-state index contributed by atoms with van der Waals surface area (Å²) < 4.78 is 1.61. The molecule has 0 aliphatic rings. The fourth-order valence-electron chi connectivity index (χ4n) is 2.64. The van der Waals surface area contributed by atoms with E-state index in [2.05, 4.69) is 29.6 Å². The van der Waals surface area contributed by atoms with Crippen LogP contribution in [0.15, 0.2) is 54.9 Å². The highest BCUT2D eigenvalue weighted by Crippen LogP contribution is 2.23. The van der Waals surface area contributed by atoms with Crippen molar-refractivity contribution in [3.05, 3.63) is 65.4 Å². The first-order valence-corrected chi connectivity index (χ1v) is 8.17. The van der Waals surface area contributed by atoms with Gasteiger partial charge in [-0.3, -0.25) is 0 Å². The Morgan fingerprint density at radius 2 is 1.83 bits per heavy atom. The number of urea groups is 1. The summed E-state index contributed by atoms with van der Waals surface area (Å²) in [7, 11) is 0. The van der Waals surface area contributed by atoms with E-state index in [0.29, 0.717) is 5.02 Å². The van der Waals surface area contributed by atoms with Crippen molar-refractivity contribution in [1.29, 1.82) is 0 Å². The maximum absolute atomic E-state index is 12.4. The molecular formula is C18H19ClN4O. The molecule has 0 radical (unpaired) electrons. The zero-order chi connectivity index (χ0) is 17.1. The summed E-state index contributed by atoms with van der Waals surface area (Å²) in [6, 6.07) is 14.7. The van der Waals surface area contributed by atoms with Crippen molar-refractivity contribution in [3.8, 4) is 0 Å². The molecule has 2 aromatic carbocycles. The van der Waals surface area contributed by atoms with Crippen molar-refractivity contribution in [3.63, 3.8) is 0 Å². The van der Waals surface area contributed by atoms with Gasteiger partial charge in [0.1, 0.15) is 6.33 Å². The molecule has 0 spiro atoms. The number of nitrogens with zero attached hydrogens (tertiary/aromatic N) is 2. The second-order valence-electron chi connectivity index (χ2n) is 5.96. The molecular weight excluding hydrogens is 324 g/mol. The summed E-state index contributed by atoms with van der Waals surface area (Å²) in [6.07, 6.45) is 1.59. The lowest BCUT2D eigenvalue weighted by molar-refractivity contribution is 0.242. The summed E-state index contributed by atoms with van der Waals surface area (Å²) in [6.45, 7) is 4.12. The van der Waals surface area contributed by atoms with Crippen molar-refractivity contribution in [2.75, 3.05) is 5.43 Å². The standard InChI is InChI=1S/C18H19ClN4O/c1-12(2)17(13-7-9-14(19)10-8-13)21-18(24)22-23-11-20-15-5-3-4-6-16(15)23/h3-12,17H,1-2H3,(H2,21,22,24)/t17-/m1/s1. The van der Waals surface area contributed by atoms with Crippen molar-refractivity contribution in [2.24, 2.45) is 5.92 Å². The number of halogens is 1. The molecule has 2 N–H and O–H groups in total. The molecule has 0 saturated carbocycles. The lowest BCUT2D eigenvalue weighted by atomic mass is 9.96. The zero-order valence-electron chi connectivity index (χ0n) is 13.5.